The standard InChI is InChI=1S/C16H27NO2.C11H6N4OS.C2H2F3NO/c1-11(19-16(4)6-5-7-16)8-14(18)17-9-12-13(10-17)15(12,2)3;1-2-7-5-17-9-4-14-15-11(10(7)9)8(3-12)13-6-16;3-2(4,5)1(6)7/h11-13H,5-10H2,1-4H3;1,4-6,8H,(H,13,16);(H2,6,7)/t11-,12?,13?;;/m1../s1. The highest BCUT2D eigenvalue weighted by atomic mass is 32.1. The summed E-state index contributed by atoms with van der Waals surface area (Å²) in [4.78, 5) is 33.9. The minimum atomic E-state index is -4.86. The van der Waals surface area contributed by atoms with E-state index in [0.29, 0.717) is 40.8 Å². The van der Waals surface area contributed by atoms with Crippen molar-refractivity contribution in [2.45, 2.75) is 77.3 Å². The third kappa shape index (κ3) is 8.00. The number of nitrogens with two attached hydrogens (primary N) is 1. The summed E-state index contributed by atoms with van der Waals surface area (Å²) in [5.74, 6) is 2.06. The molecule has 0 spiro atoms. The zero-order chi connectivity index (χ0) is 32.2. The number of primary amides is 1. The van der Waals surface area contributed by atoms with E-state index in [9.17, 15) is 22.8 Å². The van der Waals surface area contributed by atoms with Crippen molar-refractivity contribution in [1.82, 2.24) is 20.4 Å². The molecule has 0 bridgehead atoms. The lowest BCUT2D eigenvalue weighted by molar-refractivity contribution is -0.169. The summed E-state index contributed by atoms with van der Waals surface area (Å²) < 4.78 is 39.0. The average molecular weight is 621 g/mol. The van der Waals surface area contributed by atoms with Crippen molar-refractivity contribution < 1.29 is 32.3 Å². The highest BCUT2D eigenvalue weighted by molar-refractivity contribution is 7.17. The summed E-state index contributed by atoms with van der Waals surface area (Å²) in [6.45, 7) is 10.8. The number of amides is 3. The molecular weight excluding hydrogens is 585 g/mol. The maximum absolute atomic E-state index is 12.3. The predicted octanol–water partition coefficient (Wildman–Crippen LogP) is 3.86. The van der Waals surface area contributed by atoms with Crippen LogP contribution in [-0.2, 0) is 19.1 Å². The molecule has 10 nitrogen and oxygen atoms in total. The molecule has 5 rings (SSSR count). The predicted molar refractivity (Wildman–Crippen MR) is 153 cm³/mol. The fourth-order valence-electron chi connectivity index (χ4n) is 5.51. The quantitative estimate of drug-likeness (QED) is 0.352. The van der Waals surface area contributed by atoms with Gasteiger partial charge in [0.05, 0.1) is 35.1 Å². The Morgan fingerprint density at radius 1 is 1.33 bits per heavy atom. The van der Waals surface area contributed by atoms with E-state index in [-0.39, 0.29) is 11.7 Å². The highest BCUT2D eigenvalue weighted by Crippen LogP contribution is 2.62. The molecule has 1 saturated heterocycles. The number of carbonyl (C=O) groups is 3. The Balaban J connectivity index is 0.000000195. The zero-order valence-corrected chi connectivity index (χ0v) is 25.2. The van der Waals surface area contributed by atoms with Crippen molar-refractivity contribution in [2.75, 3.05) is 13.1 Å². The number of carbonyl (C=O) groups excluding carboxylic acids is 3. The van der Waals surface area contributed by atoms with Gasteiger partial charge in [0.25, 0.3) is 0 Å². The van der Waals surface area contributed by atoms with Gasteiger partial charge in [-0.15, -0.1) is 17.8 Å². The first-order valence-corrected chi connectivity index (χ1v) is 14.6. The number of nitrogens with zero attached hydrogens (tertiary/aromatic N) is 4. The van der Waals surface area contributed by atoms with Gasteiger partial charge in [0.15, 0.2) is 6.04 Å². The summed E-state index contributed by atoms with van der Waals surface area (Å²) in [5.41, 5.74) is 5.38. The number of piperidine rings is 1. The van der Waals surface area contributed by atoms with Crippen LogP contribution < -0.4 is 11.1 Å². The number of alkyl halides is 3. The Morgan fingerprint density at radius 2 is 1.93 bits per heavy atom. The van der Waals surface area contributed by atoms with E-state index < -0.39 is 18.1 Å². The summed E-state index contributed by atoms with van der Waals surface area (Å²) >= 11 is 1.43. The number of thiophene rings is 1. The van der Waals surface area contributed by atoms with E-state index >= 15 is 0 Å². The van der Waals surface area contributed by atoms with Gasteiger partial charge in [-0.25, -0.2) is 0 Å². The molecule has 3 heterocycles. The molecule has 0 radical (unpaired) electrons. The minimum Gasteiger partial charge on any atom is -0.372 e. The second-order valence-electron chi connectivity index (χ2n) is 11.7. The number of terminal acetylenes is 1. The summed E-state index contributed by atoms with van der Waals surface area (Å²) in [5, 5.41) is 21.5. The van der Waals surface area contributed by atoms with Crippen molar-refractivity contribution in [1.29, 1.82) is 5.26 Å². The second-order valence-corrected chi connectivity index (χ2v) is 12.7. The Bertz CT molecular complexity index is 1410. The molecule has 0 aromatic carbocycles. The number of fused-ring (bicyclic) bond motifs is 2. The normalized spacial score (nSPS) is 22.0. The number of likely N-dealkylation sites (tertiary alicyclic amines) is 1. The maximum atomic E-state index is 12.3. The van der Waals surface area contributed by atoms with Crippen LogP contribution in [0.2, 0.25) is 0 Å². The van der Waals surface area contributed by atoms with Crippen LogP contribution in [0.25, 0.3) is 10.1 Å². The van der Waals surface area contributed by atoms with E-state index in [2.05, 4.69) is 52.8 Å². The van der Waals surface area contributed by atoms with Gasteiger partial charge in [-0.3, -0.25) is 14.4 Å². The number of hydrogen-bond acceptors (Lipinski definition) is 8. The smallest absolute Gasteiger partial charge is 0.372 e. The lowest BCUT2D eigenvalue weighted by Crippen LogP contribution is -2.41. The molecule has 2 saturated carbocycles. The fourth-order valence-corrected chi connectivity index (χ4v) is 6.38. The van der Waals surface area contributed by atoms with Crippen molar-refractivity contribution in [3.05, 3.63) is 22.8 Å². The fraction of sp³-hybridized carbons (Fsp3) is 0.586. The molecule has 3 fully saturated rings. The van der Waals surface area contributed by atoms with Crippen LogP contribution in [0.5, 0.6) is 0 Å². The number of ether oxygens (including phenoxy) is 1. The third-order valence-electron chi connectivity index (χ3n) is 8.32. The van der Waals surface area contributed by atoms with Crippen molar-refractivity contribution in [2.24, 2.45) is 23.0 Å². The molecule has 3 aliphatic rings. The Kier molecular flexibility index (Phi) is 10.4. The van der Waals surface area contributed by atoms with Crippen LogP contribution in [0.15, 0.2) is 11.6 Å². The van der Waals surface area contributed by atoms with Crippen LogP contribution in [0.3, 0.4) is 0 Å². The number of rotatable bonds is 7. The topological polar surface area (TPSA) is 151 Å². The first-order chi connectivity index (χ1) is 20.1. The molecule has 3 unspecified atom stereocenters. The molecule has 3 N–H and O–H groups in total. The Hall–Kier alpha value is -3.75. The third-order valence-corrected chi connectivity index (χ3v) is 9.24. The van der Waals surface area contributed by atoms with Gasteiger partial charge in [-0.2, -0.15) is 28.6 Å². The Morgan fingerprint density at radius 3 is 2.40 bits per heavy atom. The van der Waals surface area contributed by atoms with E-state index in [0.717, 1.165) is 42.5 Å². The lowest BCUT2D eigenvalue weighted by Gasteiger charge is -2.40. The van der Waals surface area contributed by atoms with Crippen LogP contribution in [0.1, 0.15) is 70.7 Å². The van der Waals surface area contributed by atoms with E-state index in [1.165, 1.54) is 17.8 Å². The number of halogens is 3. The lowest BCUT2D eigenvalue weighted by atomic mass is 9.81. The maximum Gasteiger partial charge on any atom is 0.470 e. The van der Waals surface area contributed by atoms with Crippen molar-refractivity contribution in [3.63, 3.8) is 0 Å². The van der Waals surface area contributed by atoms with Crippen LogP contribution in [0, 0.1) is 40.9 Å². The summed E-state index contributed by atoms with van der Waals surface area (Å²) in [6.07, 6.45) is 6.72. The molecule has 232 valence electrons. The van der Waals surface area contributed by atoms with Gasteiger partial charge in [-0.05, 0) is 50.4 Å². The molecule has 14 heteroatoms. The average Bonchev–Trinajstić information content (AvgIpc) is 3.34. The van der Waals surface area contributed by atoms with Crippen LogP contribution >= 0.6 is 11.3 Å². The molecule has 2 aliphatic carbocycles. The Labute approximate surface area is 252 Å². The van der Waals surface area contributed by atoms with Gasteiger partial charge >= 0.3 is 12.1 Å². The van der Waals surface area contributed by atoms with Gasteiger partial charge in [0.1, 0.15) is 5.69 Å². The van der Waals surface area contributed by atoms with E-state index in [1.54, 1.807) is 11.6 Å². The van der Waals surface area contributed by atoms with Crippen LogP contribution in [-0.4, -0.2) is 64.3 Å². The second kappa shape index (κ2) is 13.3. The molecule has 2 aromatic heterocycles. The monoisotopic (exact) mass is 620 g/mol. The van der Waals surface area contributed by atoms with E-state index in [4.69, 9.17) is 21.2 Å². The highest BCUT2D eigenvalue weighted by Gasteiger charge is 2.62. The molecule has 3 amide bonds. The largest absolute Gasteiger partial charge is 0.470 e. The first kappa shape index (κ1) is 33.7. The van der Waals surface area contributed by atoms with E-state index in [1.807, 2.05) is 13.0 Å². The number of nitriles is 1. The van der Waals surface area contributed by atoms with Crippen LogP contribution in [0.4, 0.5) is 13.2 Å². The molecule has 43 heavy (non-hydrogen) atoms. The number of nitrogens with one attached hydrogen (secondary N) is 1. The zero-order valence-electron chi connectivity index (χ0n) is 24.4. The number of hydrogen-bond donors (Lipinski definition) is 2. The molecular formula is C29H35F3N6O4S. The number of aromatic nitrogens is 2. The van der Waals surface area contributed by atoms with Gasteiger partial charge < -0.3 is 20.7 Å². The molecule has 1 aliphatic heterocycles. The van der Waals surface area contributed by atoms with Gasteiger partial charge in [-0.1, -0.05) is 19.8 Å². The molecule has 2 aromatic rings. The van der Waals surface area contributed by atoms with Crippen molar-refractivity contribution in [3.8, 4) is 18.4 Å². The minimum absolute atomic E-state index is 0.0504. The summed E-state index contributed by atoms with van der Waals surface area (Å²) in [6, 6.07) is 1.10. The SMILES string of the molecule is C#Cc1csc2cnnc(C(C#N)NC=O)c12.C[C@H](CC(=O)N1CC2C(C1)C2(C)C)OC1(C)CCC1.NC(=O)C(F)(F)F. The molecule has 4 atom stereocenters. The van der Waals surface area contributed by atoms with Gasteiger partial charge in [0.2, 0.25) is 12.3 Å². The first-order valence-electron chi connectivity index (χ1n) is 13.7. The van der Waals surface area contributed by atoms with Gasteiger partial charge in [0, 0.05) is 29.4 Å². The van der Waals surface area contributed by atoms with Crippen molar-refractivity contribution >= 4 is 39.6 Å². The summed E-state index contributed by atoms with van der Waals surface area (Å²) in [7, 11) is 0.